The molecule has 0 radical (unpaired) electrons. The summed E-state index contributed by atoms with van der Waals surface area (Å²) in [5, 5.41) is 24.7. The Kier molecular flexibility index (Phi) is 47.4. The van der Waals surface area contributed by atoms with E-state index in [1.54, 1.807) is 0 Å². The Morgan fingerprint density at radius 2 is 0.881 bits per heavy atom. The van der Waals surface area contributed by atoms with Gasteiger partial charge < -0.3 is 24.9 Å². The van der Waals surface area contributed by atoms with Crippen molar-refractivity contribution in [3.05, 3.63) is 36.5 Å². The van der Waals surface area contributed by atoms with Crippen LogP contribution < -0.4 is 5.32 Å². The quantitative estimate of drug-likeness (QED) is 0.0207. The second-order valence-electron chi connectivity index (χ2n) is 20.8. The zero-order valence-corrected chi connectivity index (χ0v) is 45.7. The van der Waals surface area contributed by atoms with E-state index < -0.39 is 32.7 Å². The molecule has 396 valence electrons. The van der Waals surface area contributed by atoms with Crippen molar-refractivity contribution in [2.24, 2.45) is 0 Å². The number of quaternary nitrogens is 1. The van der Waals surface area contributed by atoms with Gasteiger partial charge in [-0.25, -0.2) is 4.57 Å². The fourth-order valence-corrected chi connectivity index (χ4v) is 9.15. The molecule has 0 aliphatic heterocycles. The van der Waals surface area contributed by atoms with Crippen LogP contribution in [0.15, 0.2) is 36.5 Å². The number of nitrogens with one attached hydrogen (secondary N) is 1. The lowest BCUT2D eigenvalue weighted by molar-refractivity contribution is -0.870. The highest BCUT2D eigenvalue weighted by atomic mass is 31.2. The van der Waals surface area contributed by atoms with Gasteiger partial charge in [0.2, 0.25) is 5.91 Å². The number of phosphoric acid groups is 1. The largest absolute Gasteiger partial charge is 0.472 e. The predicted molar refractivity (Wildman–Crippen MR) is 287 cm³/mol. The van der Waals surface area contributed by atoms with E-state index in [9.17, 15) is 24.5 Å². The predicted octanol–water partition coefficient (Wildman–Crippen LogP) is 16.0. The summed E-state index contributed by atoms with van der Waals surface area (Å²) in [6, 6.07) is -1.05. The van der Waals surface area contributed by atoms with Crippen molar-refractivity contribution in [3.8, 4) is 0 Å². The first-order valence-electron chi connectivity index (χ1n) is 28.4. The Morgan fingerprint density at radius 3 is 1.28 bits per heavy atom. The summed E-state index contributed by atoms with van der Waals surface area (Å²) in [6.45, 7) is 4.58. The van der Waals surface area contributed by atoms with Crippen molar-refractivity contribution in [2.45, 2.75) is 283 Å². The molecule has 0 aliphatic carbocycles. The molecule has 0 heterocycles. The summed E-state index contributed by atoms with van der Waals surface area (Å²) in [4.78, 5) is 23.3. The van der Waals surface area contributed by atoms with Crippen molar-refractivity contribution in [1.82, 2.24) is 5.32 Å². The maximum atomic E-state index is 13.0. The fourth-order valence-electron chi connectivity index (χ4n) is 8.41. The maximum Gasteiger partial charge on any atom is 0.472 e. The summed E-state index contributed by atoms with van der Waals surface area (Å²) in [5.74, 6) is -0.265. The van der Waals surface area contributed by atoms with Crippen LogP contribution in [0.5, 0.6) is 0 Å². The van der Waals surface area contributed by atoms with Gasteiger partial charge in [0.15, 0.2) is 0 Å². The zero-order valence-electron chi connectivity index (χ0n) is 44.8. The fraction of sp³-hybridized carbons (Fsp3) is 0.877. The summed E-state index contributed by atoms with van der Waals surface area (Å²) in [5.41, 5.74) is 0. The van der Waals surface area contributed by atoms with E-state index in [-0.39, 0.29) is 18.9 Å². The molecule has 9 nitrogen and oxygen atoms in total. The molecule has 1 amide bonds. The number of hydrogen-bond acceptors (Lipinski definition) is 6. The van der Waals surface area contributed by atoms with E-state index in [0.717, 1.165) is 38.5 Å². The Labute approximate surface area is 415 Å². The number of aliphatic hydroxyl groups excluding tert-OH is 2. The second-order valence-corrected chi connectivity index (χ2v) is 22.2. The smallest absolute Gasteiger partial charge is 0.390 e. The monoisotopic (exact) mass is 968 g/mol. The van der Waals surface area contributed by atoms with Gasteiger partial charge in [-0.05, 0) is 70.6 Å². The second kappa shape index (κ2) is 48.3. The van der Waals surface area contributed by atoms with Crippen LogP contribution in [0.4, 0.5) is 0 Å². The molecule has 10 heteroatoms. The lowest BCUT2D eigenvalue weighted by Gasteiger charge is -2.28. The molecular weight excluding hydrogens is 856 g/mol. The van der Waals surface area contributed by atoms with Gasteiger partial charge in [-0.15, -0.1) is 0 Å². The molecule has 4 atom stereocenters. The molecule has 0 aliphatic rings. The van der Waals surface area contributed by atoms with Gasteiger partial charge >= 0.3 is 7.82 Å². The zero-order chi connectivity index (χ0) is 49.4. The van der Waals surface area contributed by atoms with E-state index in [4.69, 9.17) is 9.05 Å². The molecule has 0 bridgehead atoms. The van der Waals surface area contributed by atoms with E-state index in [1.165, 1.54) is 193 Å². The van der Waals surface area contributed by atoms with Gasteiger partial charge in [-0.3, -0.25) is 13.8 Å². The number of unbranched alkanes of at least 4 members (excludes halogenated alkanes) is 32. The summed E-state index contributed by atoms with van der Waals surface area (Å²) >= 11 is 0. The first-order chi connectivity index (χ1) is 32.4. The van der Waals surface area contributed by atoms with E-state index in [0.29, 0.717) is 23.9 Å². The molecule has 4 N–H and O–H groups in total. The molecule has 67 heavy (non-hydrogen) atoms. The number of likely N-dealkylation sites (N-methyl/N-ethyl adjacent to an activating group) is 1. The Balaban J connectivity index is 4.11. The number of amides is 1. The number of carbonyl (C=O) groups excluding carboxylic acids is 1. The minimum absolute atomic E-state index is 0.0175. The van der Waals surface area contributed by atoms with Crippen LogP contribution in [0.1, 0.15) is 264 Å². The highest BCUT2D eigenvalue weighted by molar-refractivity contribution is 7.47. The number of phosphoric ester groups is 1. The first-order valence-corrected chi connectivity index (χ1v) is 29.9. The van der Waals surface area contributed by atoms with Gasteiger partial charge in [-0.1, -0.05) is 224 Å². The van der Waals surface area contributed by atoms with Crippen molar-refractivity contribution >= 4 is 13.7 Å². The molecule has 0 spiro atoms. The number of carbonyl (C=O) groups is 1. The highest BCUT2D eigenvalue weighted by Crippen LogP contribution is 2.43. The number of nitrogens with zero attached hydrogens (tertiary/aromatic N) is 1. The third-order valence-corrected chi connectivity index (χ3v) is 13.9. The van der Waals surface area contributed by atoms with Crippen LogP contribution in [0, 0.1) is 0 Å². The van der Waals surface area contributed by atoms with Gasteiger partial charge in [0.1, 0.15) is 19.3 Å². The normalized spacial score (nSPS) is 14.7. The van der Waals surface area contributed by atoms with Gasteiger partial charge in [0.25, 0.3) is 0 Å². The molecular formula is C57H112N2O7P+. The van der Waals surface area contributed by atoms with Crippen molar-refractivity contribution in [3.63, 3.8) is 0 Å². The summed E-state index contributed by atoms with van der Waals surface area (Å²) in [7, 11) is 1.43. The molecule has 0 saturated heterocycles. The van der Waals surface area contributed by atoms with Gasteiger partial charge in [0, 0.05) is 6.42 Å². The molecule has 4 unspecified atom stereocenters. The molecule has 0 aromatic rings. The van der Waals surface area contributed by atoms with Crippen LogP contribution in [-0.2, 0) is 18.4 Å². The SMILES string of the molecule is CCCCCCC/C=C\C/C=C\CCCCCCCCCCCCCCCCCCCCCC(=O)NC(COP(=O)(O)OCC[N+](C)(C)C)C(O)C(O)CCC/C=C/CCCCCCCCC. The first kappa shape index (κ1) is 65.7. The summed E-state index contributed by atoms with van der Waals surface area (Å²) < 4.78 is 23.6. The van der Waals surface area contributed by atoms with E-state index >= 15 is 0 Å². The van der Waals surface area contributed by atoms with Crippen LogP contribution in [0.2, 0.25) is 0 Å². The third-order valence-electron chi connectivity index (χ3n) is 13.0. The molecule has 0 fully saturated rings. The number of allylic oxidation sites excluding steroid dienone is 6. The maximum absolute atomic E-state index is 13.0. The van der Waals surface area contributed by atoms with Crippen LogP contribution in [-0.4, -0.2) is 84.6 Å². The third kappa shape index (κ3) is 49.5. The van der Waals surface area contributed by atoms with E-state index in [1.807, 2.05) is 21.1 Å². The van der Waals surface area contributed by atoms with Gasteiger partial charge in [-0.2, -0.15) is 0 Å². The average Bonchev–Trinajstić information content (AvgIpc) is 3.29. The standard InChI is InChI=1S/C57H111N2O7P/c1-6-8-10-12-14-16-18-20-21-22-23-24-25-26-27-28-29-30-31-32-33-34-35-36-37-38-40-42-44-46-48-50-56(61)58-54(53-66-67(63,64)65-52-51-59(3,4)5)57(62)55(60)49-47-45-43-41-39-19-17-15-13-11-9-7-2/h18,20,22-23,41,43,54-55,57,60,62H,6-17,19,21,24-40,42,44-53H2,1-5H3,(H-,58,61,63,64)/p+1/b20-18-,23-22-,43-41+. The topological polar surface area (TPSA) is 125 Å². The Bertz CT molecular complexity index is 1210. The molecule has 0 aromatic carbocycles. The minimum atomic E-state index is -4.43. The van der Waals surface area contributed by atoms with Crippen LogP contribution >= 0.6 is 7.82 Å². The molecule has 0 saturated carbocycles. The van der Waals surface area contributed by atoms with Crippen molar-refractivity contribution < 1.29 is 38.0 Å². The lowest BCUT2D eigenvalue weighted by atomic mass is 10.0. The van der Waals surface area contributed by atoms with Crippen molar-refractivity contribution in [2.75, 3.05) is 40.9 Å². The number of hydrogen-bond donors (Lipinski definition) is 4. The van der Waals surface area contributed by atoms with Crippen molar-refractivity contribution in [1.29, 1.82) is 0 Å². The van der Waals surface area contributed by atoms with Gasteiger partial charge in [0.05, 0.1) is 39.9 Å². The summed E-state index contributed by atoms with van der Waals surface area (Å²) in [6.07, 6.45) is 58.2. The lowest BCUT2D eigenvalue weighted by Crippen LogP contribution is -2.51. The molecule has 0 aromatic heterocycles. The molecule has 0 rings (SSSR count). The highest BCUT2D eigenvalue weighted by Gasteiger charge is 2.31. The van der Waals surface area contributed by atoms with Crippen LogP contribution in [0.25, 0.3) is 0 Å². The minimum Gasteiger partial charge on any atom is -0.390 e. The number of aliphatic hydroxyl groups is 2. The Hall–Kier alpha value is -1.32. The number of rotatable bonds is 52. The average molecular weight is 969 g/mol. The Morgan fingerprint density at radius 1 is 0.522 bits per heavy atom. The van der Waals surface area contributed by atoms with Crippen LogP contribution in [0.3, 0.4) is 0 Å². The van der Waals surface area contributed by atoms with E-state index in [2.05, 4.69) is 55.6 Å².